The van der Waals surface area contributed by atoms with Crippen LogP contribution in [0.3, 0.4) is 0 Å². The van der Waals surface area contributed by atoms with Crippen molar-refractivity contribution in [3.8, 4) is 0 Å². The average molecular weight is 363 g/mol. The minimum Gasteiger partial charge on any atom is -0.465 e. The molecule has 0 aliphatic carbocycles. The Kier molecular flexibility index (Phi) is 6.70. The van der Waals surface area contributed by atoms with Gasteiger partial charge >= 0.3 is 5.97 Å². The highest BCUT2D eigenvalue weighted by Gasteiger charge is 2.13. The van der Waals surface area contributed by atoms with Crippen LogP contribution in [-0.4, -0.2) is 27.9 Å². The molecule has 0 amide bonds. The number of esters is 1. The summed E-state index contributed by atoms with van der Waals surface area (Å²) in [5, 5.41) is 0.836. The molecule has 126 valence electrons. The van der Waals surface area contributed by atoms with Crippen LogP contribution in [0.25, 0.3) is 11.0 Å². The zero-order chi connectivity index (χ0) is 16.1. The number of imidazole rings is 1. The quantitative estimate of drug-likeness (QED) is 0.488. The molecule has 3 rings (SSSR count). The van der Waals surface area contributed by atoms with Crippen molar-refractivity contribution in [2.75, 3.05) is 12.4 Å². The molecule has 1 aromatic heterocycles. The third-order valence-corrected chi connectivity index (χ3v) is 4.38. The molecule has 0 atom stereocenters. The SMILES string of the molecule is CCOC(=O)CSc1nc2ccccc2n1Cc1ccccc1.Cl. The van der Waals surface area contributed by atoms with Crippen LogP contribution in [0.2, 0.25) is 0 Å². The fraction of sp³-hybridized carbons (Fsp3) is 0.222. The van der Waals surface area contributed by atoms with E-state index in [1.807, 2.05) is 43.3 Å². The number of carbonyl (C=O) groups excluding carboxylic acids is 1. The summed E-state index contributed by atoms with van der Waals surface area (Å²) >= 11 is 1.42. The predicted octanol–water partition coefficient (Wildman–Crippen LogP) is 4.16. The topological polar surface area (TPSA) is 44.1 Å². The predicted molar refractivity (Wildman–Crippen MR) is 99.9 cm³/mol. The van der Waals surface area contributed by atoms with E-state index >= 15 is 0 Å². The van der Waals surface area contributed by atoms with Crippen molar-refractivity contribution in [3.05, 3.63) is 60.2 Å². The molecule has 24 heavy (non-hydrogen) atoms. The molecule has 0 aliphatic rings. The summed E-state index contributed by atoms with van der Waals surface area (Å²) in [6.07, 6.45) is 0. The van der Waals surface area contributed by atoms with E-state index in [-0.39, 0.29) is 24.1 Å². The molecule has 0 saturated heterocycles. The van der Waals surface area contributed by atoms with Crippen LogP contribution in [0.1, 0.15) is 12.5 Å². The van der Waals surface area contributed by atoms with E-state index in [9.17, 15) is 4.79 Å². The molecule has 0 radical (unpaired) electrons. The molecule has 0 N–H and O–H groups in total. The number of rotatable bonds is 6. The molecule has 0 fully saturated rings. The number of benzene rings is 2. The van der Waals surface area contributed by atoms with Gasteiger partial charge in [-0.25, -0.2) is 4.98 Å². The highest BCUT2D eigenvalue weighted by atomic mass is 35.5. The van der Waals surface area contributed by atoms with Crippen LogP contribution in [0.4, 0.5) is 0 Å². The van der Waals surface area contributed by atoms with Gasteiger partial charge in [0.2, 0.25) is 0 Å². The van der Waals surface area contributed by atoms with Crippen molar-refractivity contribution in [1.29, 1.82) is 0 Å². The van der Waals surface area contributed by atoms with E-state index < -0.39 is 0 Å². The number of hydrogen-bond acceptors (Lipinski definition) is 4. The maximum absolute atomic E-state index is 11.6. The summed E-state index contributed by atoms with van der Waals surface area (Å²) in [6, 6.07) is 18.3. The van der Waals surface area contributed by atoms with Gasteiger partial charge in [-0.05, 0) is 24.6 Å². The normalized spacial score (nSPS) is 10.4. The van der Waals surface area contributed by atoms with Crippen molar-refractivity contribution in [2.24, 2.45) is 0 Å². The first-order valence-corrected chi connectivity index (χ1v) is 8.54. The monoisotopic (exact) mass is 362 g/mol. The molecule has 0 spiro atoms. The summed E-state index contributed by atoms with van der Waals surface area (Å²) in [5.74, 6) is 0.0576. The van der Waals surface area contributed by atoms with Crippen LogP contribution < -0.4 is 0 Å². The number of carbonyl (C=O) groups is 1. The van der Waals surface area contributed by atoms with Crippen LogP contribution in [0, 0.1) is 0 Å². The van der Waals surface area contributed by atoms with Crippen molar-refractivity contribution in [1.82, 2.24) is 9.55 Å². The maximum atomic E-state index is 11.6. The molecule has 6 heteroatoms. The van der Waals surface area contributed by atoms with E-state index in [0.717, 1.165) is 22.7 Å². The summed E-state index contributed by atoms with van der Waals surface area (Å²) in [5.41, 5.74) is 3.21. The van der Waals surface area contributed by atoms with Crippen molar-refractivity contribution in [3.63, 3.8) is 0 Å². The minimum atomic E-state index is -0.212. The maximum Gasteiger partial charge on any atom is 0.316 e. The van der Waals surface area contributed by atoms with Gasteiger partial charge in [0.15, 0.2) is 5.16 Å². The van der Waals surface area contributed by atoms with Gasteiger partial charge < -0.3 is 9.30 Å². The number of thioether (sulfide) groups is 1. The van der Waals surface area contributed by atoms with Crippen LogP contribution in [-0.2, 0) is 16.1 Å². The number of halogens is 1. The number of aromatic nitrogens is 2. The number of fused-ring (bicyclic) bond motifs is 1. The lowest BCUT2D eigenvalue weighted by atomic mass is 10.2. The lowest BCUT2D eigenvalue weighted by Gasteiger charge is -2.09. The second-order valence-corrected chi connectivity index (χ2v) is 5.99. The second-order valence-electron chi connectivity index (χ2n) is 5.05. The molecule has 3 aromatic rings. The van der Waals surface area contributed by atoms with E-state index in [2.05, 4.69) is 27.8 Å². The number of para-hydroxylation sites is 2. The molecule has 0 aliphatic heterocycles. The Hall–Kier alpha value is -1.98. The molecule has 4 nitrogen and oxygen atoms in total. The lowest BCUT2D eigenvalue weighted by molar-refractivity contribution is -0.139. The third kappa shape index (κ3) is 4.30. The summed E-state index contributed by atoms with van der Waals surface area (Å²) in [4.78, 5) is 16.3. The molecule has 0 unspecified atom stereocenters. The first-order chi connectivity index (χ1) is 11.3. The molecular weight excluding hydrogens is 344 g/mol. The van der Waals surface area contributed by atoms with Crippen LogP contribution >= 0.6 is 24.2 Å². The van der Waals surface area contributed by atoms with Crippen molar-refractivity contribution >= 4 is 41.2 Å². The molecule has 1 heterocycles. The third-order valence-electron chi connectivity index (χ3n) is 3.43. The van der Waals surface area contributed by atoms with Crippen molar-refractivity contribution < 1.29 is 9.53 Å². The zero-order valence-corrected chi connectivity index (χ0v) is 15.0. The van der Waals surface area contributed by atoms with E-state index in [1.165, 1.54) is 17.3 Å². The van der Waals surface area contributed by atoms with Gasteiger partial charge in [-0.15, -0.1) is 12.4 Å². The fourth-order valence-corrected chi connectivity index (χ4v) is 3.22. The second kappa shape index (κ2) is 8.76. The smallest absolute Gasteiger partial charge is 0.316 e. The van der Waals surface area contributed by atoms with Crippen molar-refractivity contribution in [2.45, 2.75) is 18.6 Å². The van der Waals surface area contributed by atoms with Gasteiger partial charge in [-0.3, -0.25) is 4.79 Å². The molecule has 0 saturated carbocycles. The highest BCUT2D eigenvalue weighted by Crippen LogP contribution is 2.25. The zero-order valence-electron chi connectivity index (χ0n) is 13.3. The Bertz CT molecular complexity index is 805. The lowest BCUT2D eigenvalue weighted by Crippen LogP contribution is -2.08. The molecular formula is C18H19ClN2O2S. The van der Waals surface area contributed by atoms with Gasteiger partial charge in [0.05, 0.1) is 29.9 Å². The largest absolute Gasteiger partial charge is 0.465 e. The highest BCUT2D eigenvalue weighted by molar-refractivity contribution is 7.99. The first kappa shape index (κ1) is 18.4. The summed E-state index contributed by atoms with van der Waals surface area (Å²) < 4.78 is 7.15. The number of hydrogen-bond donors (Lipinski definition) is 0. The van der Waals surface area contributed by atoms with Crippen LogP contribution in [0.15, 0.2) is 59.8 Å². The Balaban J connectivity index is 0.00000208. The van der Waals surface area contributed by atoms with Gasteiger partial charge in [-0.2, -0.15) is 0 Å². The van der Waals surface area contributed by atoms with Gasteiger partial charge in [-0.1, -0.05) is 54.2 Å². The number of ether oxygens (including phenoxy) is 1. The summed E-state index contributed by atoms with van der Waals surface area (Å²) in [6.45, 7) is 2.94. The molecule has 2 aromatic carbocycles. The van der Waals surface area contributed by atoms with Gasteiger partial charge in [0, 0.05) is 0 Å². The first-order valence-electron chi connectivity index (χ1n) is 7.55. The summed E-state index contributed by atoms with van der Waals surface area (Å²) in [7, 11) is 0. The minimum absolute atomic E-state index is 0. The van der Waals surface area contributed by atoms with E-state index in [1.54, 1.807) is 0 Å². The Morgan fingerprint density at radius 3 is 2.58 bits per heavy atom. The van der Waals surface area contributed by atoms with Gasteiger partial charge in [0.1, 0.15) is 0 Å². The van der Waals surface area contributed by atoms with E-state index in [4.69, 9.17) is 4.74 Å². The number of nitrogens with zero attached hydrogens (tertiary/aromatic N) is 2. The Labute approximate surface area is 151 Å². The van der Waals surface area contributed by atoms with Crippen LogP contribution in [0.5, 0.6) is 0 Å². The average Bonchev–Trinajstić information content (AvgIpc) is 2.92. The Morgan fingerprint density at radius 1 is 1.12 bits per heavy atom. The molecule has 0 bridgehead atoms. The Morgan fingerprint density at radius 2 is 1.83 bits per heavy atom. The fourth-order valence-electron chi connectivity index (χ4n) is 2.41. The van der Waals surface area contributed by atoms with E-state index in [0.29, 0.717) is 6.61 Å². The standard InChI is InChI=1S/C18H18N2O2S.ClH/c1-2-22-17(21)13-23-18-19-15-10-6-7-11-16(15)20(18)12-14-8-4-3-5-9-14;/h3-11H,2,12-13H2,1H3;1H. The van der Waals surface area contributed by atoms with Gasteiger partial charge in [0.25, 0.3) is 0 Å².